The number of fused-ring (bicyclic) bond motifs is 1. The van der Waals surface area contributed by atoms with E-state index in [1.807, 2.05) is 0 Å². The van der Waals surface area contributed by atoms with E-state index in [0.29, 0.717) is 11.4 Å². The Morgan fingerprint density at radius 2 is 2.10 bits per heavy atom. The maximum atomic E-state index is 13.3. The smallest absolute Gasteiger partial charge is 0.223 e. The van der Waals surface area contributed by atoms with Gasteiger partial charge in [0.2, 0.25) is 5.95 Å². The highest BCUT2D eigenvalue weighted by molar-refractivity contribution is 7.18. The number of nitrogens with one attached hydrogen (secondary N) is 1. The molecule has 1 aromatic carbocycles. The Hall–Kier alpha value is -2.21. The fraction of sp³-hybridized carbons (Fsp3) is 0.200. The minimum Gasteiger partial charge on any atom is -0.368 e. The van der Waals surface area contributed by atoms with Crippen molar-refractivity contribution in [1.82, 2.24) is 9.97 Å². The van der Waals surface area contributed by atoms with Gasteiger partial charge in [0.15, 0.2) is 0 Å². The van der Waals surface area contributed by atoms with Crippen LogP contribution < -0.4 is 11.1 Å². The van der Waals surface area contributed by atoms with Crippen molar-refractivity contribution in [2.24, 2.45) is 0 Å². The molecule has 0 spiro atoms. The minimum atomic E-state index is -0.225. The van der Waals surface area contributed by atoms with Gasteiger partial charge in [0, 0.05) is 10.6 Å². The lowest BCUT2D eigenvalue weighted by molar-refractivity contribution is 0.619. The molecule has 0 saturated heterocycles. The molecule has 2 heterocycles. The third-order valence-electron chi connectivity index (χ3n) is 3.23. The summed E-state index contributed by atoms with van der Waals surface area (Å²) in [5, 5.41) is 4.14. The third kappa shape index (κ3) is 2.67. The summed E-state index contributed by atoms with van der Waals surface area (Å²) in [5.41, 5.74) is 7.12. The van der Waals surface area contributed by atoms with Gasteiger partial charge in [0.1, 0.15) is 16.5 Å². The number of halogens is 1. The quantitative estimate of drug-likeness (QED) is 0.767. The number of aromatic nitrogens is 2. The van der Waals surface area contributed by atoms with E-state index in [9.17, 15) is 4.39 Å². The highest BCUT2D eigenvalue weighted by atomic mass is 32.1. The summed E-state index contributed by atoms with van der Waals surface area (Å²) in [6.45, 7) is 3.82. The highest BCUT2D eigenvalue weighted by Gasteiger charge is 2.11. The summed E-state index contributed by atoms with van der Waals surface area (Å²) >= 11 is 1.61. The van der Waals surface area contributed by atoms with E-state index in [2.05, 4.69) is 28.3 Å². The minimum absolute atomic E-state index is 0.225. The van der Waals surface area contributed by atoms with Crippen LogP contribution in [0.25, 0.3) is 10.2 Å². The number of nitrogens with zero attached hydrogens (tertiary/aromatic N) is 2. The van der Waals surface area contributed by atoms with E-state index in [0.717, 1.165) is 22.3 Å². The maximum Gasteiger partial charge on any atom is 0.223 e. The van der Waals surface area contributed by atoms with Crippen LogP contribution in [0.1, 0.15) is 17.4 Å². The molecule has 3 aromatic rings. The molecular formula is C15H15FN4S. The zero-order valence-corrected chi connectivity index (χ0v) is 12.6. The molecule has 0 aliphatic heterocycles. The molecule has 21 heavy (non-hydrogen) atoms. The standard InChI is InChI=1S/C15H15FN4S/c1-3-10-7-11-13(19-15(17)20-14(11)21-10)18-9-4-5-12(16)8(2)6-9/h4-7H,3H2,1-2H3,(H3,17,18,19,20). The Bertz CT molecular complexity index is 813. The van der Waals surface area contributed by atoms with Crippen molar-refractivity contribution in [3.8, 4) is 0 Å². The number of hydrogen-bond donors (Lipinski definition) is 2. The summed E-state index contributed by atoms with van der Waals surface area (Å²) in [6.07, 6.45) is 0.941. The Morgan fingerprint density at radius 3 is 2.81 bits per heavy atom. The zero-order chi connectivity index (χ0) is 15.0. The van der Waals surface area contributed by atoms with Crippen LogP contribution in [-0.2, 0) is 6.42 Å². The van der Waals surface area contributed by atoms with Crippen molar-refractivity contribution in [3.63, 3.8) is 0 Å². The van der Waals surface area contributed by atoms with Crippen LogP contribution in [0, 0.1) is 12.7 Å². The van der Waals surface area contributed by atoms with E-state index in [4.69, 9.17) is 5.73 Å². The van der Waals surface area contributed by atoms with Gasteiger partial charge in [0.25, 0.3) is 0 Å². The molecule has 0 unspecified atom stereocenters. The number of anilines is 3. The average molecular weight is 302 g/mol. The highest BCUT2D eigenvalue weighted by Crippen LogP contribution is 2.31. The SMILES string of the molecule is CCc1cc2c(Nc3ccc(F)c(C)c3)nc(N)nc2s1. The van der Waals surface area contributed by atoms with Crippen molar-refractivity contribution in [1.29, 1.82) is 0 Å². The van der Waals surface area contributed by atoms with Crippen LogP contribution in [-0.4, -0.2) is 9.97 Å². The Kier molecular flexibility index (Phi) is 3.47. The van der Waals surface area contributed by atoms with Gasteiger partial charge < -0.3 is 11.1 Å². The molecule has 3 N–H and O–H groups in total. The van der Waals surface area contributed by atoms with E-state index in [-0.39, 0.29) is 11.8 Å². The Morgan fingerprint density at radius 1 is 1.29 bits per heavy atom. The molecular weight excluding hydrogens is 287 g/mol. The fourth-order valence-corrected chi connectivity index (χ4v) is 3.09. The van der Waals surface area contributed by atoms with Crippen LogP contribution in [0.2, 0.25) is 0 Å². The molecule has 0 radical (unpaired) electrons. The summed E-state index contributed by atoms with van der Waals surface area (Å²) in [6, 6.07) is 6.93. The maximum absolute atomic E-state index is 13.3. The van der Waals surface area contributed by atoms with Gasteiger partial charge in [-0.3, -0.25) is 0 Å². The number of aryl methyl sites for hydroxylation is 2. The summed E-state index contributed by atoms with van der Waals surface area (Å²) in [4.78, 5) is 10.6. The molecule has 0 bridgehead atoms. The van der Waals surface area contributed by atoms with Crippen molar-refractivity contribution >= 4 is 39.0 Å². The summed E-state index contributed by atoms with van der Waals surface area (Å²) in [7, 11) is 0. The second-order valence-electron chi connectivity index (χ2n) is 4.80. The first-order valence-electron chi connectivity index (χ1n) is 6.66. The van der Waals surface area contributed by atoms with E-state index in [1.165, 1.54) is 10.9 Å². The van der Waals surface area contributed by atoms with Crippen LogP contribution >= 0.6 is 11.3 Å². The molecule has 0 aliphatic rings. The summed E-state index contributed by atoms with van der Waals surface area (Å²) in [5.74, 6) is 0.657. The topological polar surface area (TPSA) is 63.8 Å². The summed E-state index contributed by atoms with van der Waals surface area (Å²) < 4.78 is 13.3. The molecule has 0 saturated carbocycles. The Balaban J connectivity index is 2.06. The first kappa shape index (κ1) is 13.8. The second kappa shape index (κ2) is 5.29. The molecule has 0 fully saturated rings. The normalized spacial score (nSPS) is 11.0. The lowest BCUT2D eigenvalue weighted by Crippen LogP contribution is -2.00. The fourth-order valence-electron chi connectivity index (χ4n) is 2.12. The molecule has 0 aliphatic carbocycles. The zero-order valence-electron chi connectivity index (χ0n) is 11.8. The molecule has 0 amide bonds. The number of rotatable bonds is 3. The third-order valence-corrected chi connectivity index (χ3v) is 4.40. The van der Waals surface area contributed by atoms with Gasteiger partial charge in [0.05, 0.1) is 5.39 Å². The predicted molar refractivity (Wildman–Crippen MR) is 85.6 cm³/mol. The lowest BCUT2D eigenvalue weighted by Gasteiger charge is -2.08. The molecule has 108 valence electrons. The molecule has 6 heteroatoms. The van der Waals surface area contributed by atoms with Gasteiger partial charge >= 0.3 is 0 Å². The molecule has 4 nitrogen and oxygen atoms in total. The number of thiophene rings is 1. The van der Waals surface area contributed by atoms with E-state index >= 15 is 0 Å². The number of nitrogen functional groups attached to an aromatic ring is 1. The number of hydrogen-bond acceptors (Lipinski definition) is 5. The van der Waals surface area contributed by atoms with Crippen molar-refractivity contribution < 1.29 is 4.39 Å². The van der Waals surface area contributed by atoms with Gasteiger partial charge in [-0.25, -0.2) is 9.37 Å². The van der Waals surface area contributed by atoms with E-state index in [1.54, 1.807) is 30.4 Å². The lowest BCUT2D eigenvalue weighted by atomic mass is 10.2. The first-order valence-corrected chi connectivity index (χ1v) is 7.47. The number of benzene rings is 1. The van der Waals surface area contributed by atoms with Crippen LogP contribution in [0.3, 0.4) is 0 Å². The van der Waals surface area contributed by atoms with Gasteiger partial charge in [-0.2, -0.15) is 4.98 Å². The van der Waals surface area contributed by atoms with Crippen molar-refractivity contribution in [3.05, 3.63) is 40.5 Å². The van der Waals surface area contributed by atoms with E-state index < -0.39 is 0 Å². The Labute approximate surface area is 125 Å². The molecule has 0 atom stereocenters. The predicted octanol–water partition coefficient (Wildman–Crippen LogP) is 4.03. The first-order chi connectivity index (χ1) is 10.1. The van der Waals surface area contributed by atoms with Crippen molar-refractivity contribution in [2.45, 2.75) is 20.3 Å². The molecule has 2 aromatic heterocycles. The molecule has 3 rings (SSSR count). The van der Waals surface area contributed by atoms with Gasteiger partial charge in [-0.05, 0) is 43.2 Å². The van der Waals surface area contributed by atoms with Gasteiger partial charge in [-0.1, -0.05) is 6.92 Å². The second-order valence-corrected chi connectivity index (χ2v) is 5.92. The van der Waals surface area contributed by atoms with Crippen molar-refractivity contribution in [2.75, 3.05) is 11.1 Å². The monoisotopic (exact) mass is 302 g/mol. The van der Waals surface area contributed by atoms with Crippen LogP contribution in [0.5, 0.6) is 0 Å². The largest absolute Gasteiger partial charge is 0.368 e. The van der Waals surface area contributed by atoms with Crippen LogP contribution in [0.15, 0.2) is 24.3 Å². The average Bonchev–Trinajstić information content (AvgIpc) is 2.86. The van der Waals surface area contributed by atoms with Gasteiger partial charge in [-0.15, -0.1) is 11.3 Å². The van der Waals surface area contributed by atoms with Crippen LogP contribution in [0.4, 0.5) is 21.8 Å². The number of nitrogens with two attached hydrogens (primary N) is 1.